The van der Waals surface area contributed by atoms with E-state index in [4.69, 9.17) is 4.74 Å². The van der Waals surface area contributed by atoms with Crippen LogP contribution in [0.25, 0.3) is 0 Å². The van der Waals surface area contributed by atoms with Gasteiger partial charge in [0.25, 0.3) is 5.91 Å². The number of hydrogen-bond acceptors (Lipinski definition) is 6. The molecule has 0 aliphatic carbocycles. The van der Waals surface area contributed by atoms with Crippen molar-refractivity contribution in [3.63, 3.8) is 0 Å². The van der Waals surface area contributed by atoms with Gasteiger partial charge >= 0.3 is 0 Å². The number of rotatable bonds is 4. The van der Waals surface area contributed by atoms with Crippen LogP contribution in [0.1, 0.15) is 13.3 Å². The maximum Gasteiger partial charge on any atom is 0.251 e. The molecule has 1 saturated heterocycles. The second-order valence-corrected chi connectivity index (χ2v) is 3.87. The van der Waals surface area contributed by atoms with E-state index in [0.717, 1.165) is 4.90 Å². The standard InChI is InChI=1S/C11H14N4O3/c1-3-18-9-5-8(12-6-13-9)14-7-4-10(16)15(2)11(7)17/h5-7H,3-4H2,1-2H3,(H,12,13,14). The molecule has 1 fully saturated rings. The van der Waals surface area contributed by atoms with Crippen LogP contribution in [0.2, 0.25) is 0 Å². The Bertz CT molecular complexity index is 477. The highest BCUT2D eigenvalue weighted by Crippen LogP contribution is 2.17. The number of amides is 2. The van der Waals surface area contributed by atoms with E-state index in [-0.39, 0.29) is 18.2 Å². The lowest BCUT2D eigenvalue weighted by molar-refractivity contribution is -0.136. The lowest BCUT2D eigenvalue weighted by atomic mass is 10.2. The fraction of sp³-hybridized carbons (Fsp3) is 0.455. The summed E-state index contributed by atoms with van der Waals surface area (Å²) in [6, 6.07) is 1.03. The Kier molecular flexibility index (Phi) is 3.40. The summed E-state index contributed by atoms with van der Waals surface area (Å²) in [5.74, 6) is 0.447. The normalized spacial score (nSPS) is 19.2. The number of aromatic nitrogens is 2. The van der Waals surface area contributed by atoms with Crippen LogP contribution >= 0.6 is 0 Å². The summed E-state index contributed by atoms with van der Waals surface area (Å²) in [5, 5.41) is 2.91. The molecule has 1 aromatic rings. The van der Waals surface area contributed by atoms with Gasteiger partial charge in [-0.3, -0.25) is 14.5 Å². The van der Waals surface area contributed by atoms with Gasteiger partial charge in [-0.2, -0.15) is 0 Å². The maximum absolute atomic E-state index is 11.7. The molecule has 18 heavy (non-hydrogen) atoms. The molecule has 0 saturated carbocycles. The van der Waals surface area contributed by atoms with Crippen molar-refractivity contribution in [3.8, 4) is 5.88 Å². The lowest BCUT2D eigenvalue weighted by Gasteiger charge is -2.11. The van der Waals surface area contributed by atoms with Crippen molar-refractivity contribution in [2.75, 3.05) is 19.0 Å². The number of carbonyl (C=O) groups is 2. The van der Waals surface area contributed by atoms with Crippen LogP contribution in [-0.2, 0) is 9.59 Å². The molecule has 0 radical (unpaired) electrons. The molecular formula is C11H14N4O3. The average Bonchev–Trinajstić information content (AvgIpc) is 2.58. The molecule has 7 heteroatoms. The molecule has 0 spiro atoms. The van der Waals surface area contributed by atoms with Crippen LogP contribution in [0.5, 0.6) is 5.88 Å². The third kappa shape index (κ3) is 2.39. The molecule has 0 bridgehead atoms. The zero-order valence-corrected chi connectivity index (χ0v) is 10.2. The fourth-order valence-electron chi connectivity index (χ4n) is 1.69. The number of carbonyl (C=O) groups excluding carboxylic acids is 2. The minimum absolute atomic E-state index is 0.142. The molecule has 2 amide bonds. The van der Waals surface area contributed by atoms with Crippen LogP contribution in [-0.4, -0.2) is 46.4 Å². The number of nitrogens with zero attached hydrogens (tertiary/aromatic N) is 3. The maximum atomic E-state index is 11.7. The molecule has 1 aliphatic heterocycles. The minimum Gasteiger partial charge on any atom is -0.478 e. The first kappa shape index (κ1) is 12.3. The molecule has 1 unspecified atom stereocenters. The summed E-state index contributed by atoms with van der Waals surface area (Å²) in [6.45, 7) is 2.35. The van der Waals surface area contributed by atoms with Gasteiger partial charge < -0.3 is 10.1 Å². The second kappa shape index (κ2) is 4.99. The highest BCUT2D eigenvalue weighted by molar-refractivity contribution is 6.06. The Morgan fingerprint density at radius 3 is 2.89 bits per heavy atom. The summed E-state index contributed by atoms with van der Waals surface area (Å²) in [5.41, 5.74) is 0. The molecule has 1 aromatic heterocycles. The Hall–Kier alpha value is -2.18. The number of nitrogens with one attached hydrogen (secondary N) is 1. The number of hydrogen-bond donors (Lipinski definition) is 1. The van der Waals surface area contributed by atoms with Gasteiger partial charge in [0.05, 0.1) is 13.0 Å². The van der Waals surface area contributed by atoms with Gasteiger partial charge in [0.1, 0.15) is 18.2 Å². The number of imide groups is 1. The van der Waals surface area contributed by atoms with Crippen LogP contribution in [0.4, 0.5) is 5.82 Å². The van der Waals surface area contributed by atoms with Crippen LogP contribution in [0, 0.1) is 0 Å². The summed E-state index contributed by atoms with van der Waals surface area (Å²) >= 11 is 0. The second-order valence-electron chi connectivity index (χ2n) is 3.87. The fourth-order valence-corrected chi connectivity index (χ4v) is 1.69. The van der Waals surface area contributed by atoms with Crippen molar-refractivity contribution >= 4 is 17.6 Å². The first-order valence-electron chi connectivity index (χ1n) is 5.63. The quantitative estimate of drug-likeness (QED) is 0.760. The topological polar surface area (TPSA) is 84.4 Å². The molecule has 2 rings (SSSR count). The van der Waals surface area contributed by atoms with E-state index >= 15 is 0 Å². The SMILES string of the molecule is CCOc1cc(NC2CC(=O)N(C)C2=O)ncn1. The first-order valence-corrected chi connectivity index (χ1v) is 5.63. The lowest BCUT2D eigenvalue weighted by Crippen LogP contribution is -2.32. The number of likely N-dealkylation sites (tertiary alicyclic amines) is 1. The number of likely N-dealkylation sites (N-methyl/N-ethyl adjacent to an activating group) is 1. The predicted octanol–water partition coefficient (Wildman–Crippen LogP) is 0.0445. The van der Waals surface area contributed by atoms with Crippen molar-refractivity contribution in [1.29, 1.82) is 0 Å². The van der Waals surface area contributed by atoms with Crippen molar-refractivity contribution < 1.29 is 14.3 Å². The third-order valence-corrected chi connectivity index (χ3v) is 2.64. The largest absolute Gasteiger partial charge is 0.478 e. The van der Waals surface area contributed by atoms with Crippen LogP contribution < -0.4 is 10.1 Å². The smallest absolute Gasteiger partial charge is 0.251 e. The van der Waals surface area contributed by atoms with E-state index in [1.165, 1.54) is 13.4 Å². The highest BCUT2D eigenvalue weighted by Gasteiger charge is 2.36. The Labute approximate surface area is 104 Å². The van der Waals surface area contributed by atoms with Gasteiger partial charge in [0.2, 0.25) is 11.8 Å². The number of ether oxygens (including phenoxy) is 1. The Morgan fingerprint density at radius 1 is 1.50 bits per heavy atom. The molecule has 96 valence electrons. The van der Waals surface area contributed by atoms with E-state index in [1.54, 1.807) is 6.07 Å². The van der Waals surface area contributed by atoms with Crippen molar-refractivity contribution in [2.24, 2.45) is 0 Å². The van der Waals surface area contributed by atoms with E-state index in [1.807, 2.05) is 6.92 Å². The van der Waals surface area contributed by atoms with Crippen LogP contribution in [0.15, 0.2) is 12.4 Å². The first-order chi connectivity index (χ1) is 8.61. The molecule has 1 N–H and O–H groups in total. The third-order valence-electron chi connectivity index (χ3n) is 2.64. The van der Waals surface area contributed by atoms with E-state index in [9.17, 15) is 9.59 Å². The molecule has 7 nitrogen and oxygen atoms in total. The molecule has 0 aromatic carbocycles. The van der Waals surface area contributed by atoms with E-state index in [0.29, 0.717) is 18.3 Å². The molecule has 1 aliphatic rings. The summed E-state index contributed by atoms with van der Waals surface area (Å²) < 4.78 is 5.23. The van der Waals surface area contributed by atoms with Gasteiger partial charge in [-0.15, -0.1) is 0 Å². The zero-order chi connectivity index (χ0) is 13.1. The van der Waals surface area contributed by atoms with Gasteiger partial charge in [-0.25, -0.2) is 9.97 Å². The van der Waals surface area contributed by atoms with Crippen molar-refractivity contribution in [3.05, 3.63) is 12.4 Å². The Morgan fingerprint density at radius 2 is 2.28 bits per heavy atom. The monoisotopic (exact) mass is 250 g/mol. The molecular weight excluding hydrogens is 236 g/mol. The molecule has 1 atom stereocenters. The van der Waals surface area contributed by atoms with Crippen LogP contribution in [0.3, 0.4) is 0 Å². The number of anilines is 1. The summed E-state index contributed by atoms with van der Waals surface area (Å²) in [6.07, 6.45) is 1.49. The highest BCUT2D eigenvalue weighted by atomic mass is 16.5. The predicted molar refractivity (Wildman–Crippen MR) is 63.0 cm³/mol. The van der Waals surface area contributed by atoms with Gasteiger partial charge in [-0.05, 0) is 6.92 Å². The molecule has 2 heterocycles. The minimum atomic E-state index is -0.563. The van der Waals surface area contributed by atoms with E-state index in [2.05, 4.69) is 15.3 Å². The zero-order valence-electron chi connectivity index (χ0n) is 10.2. The average molecular weight is 250 g/mol. The Balaban J connectivity index is 2.08. The van der Waals surface area contributed by atoms with Gasteiger partial charge in [0, 0.05) is 13.1 Å². The van der Waals surface area contributed by atoms with Crippen molar-refractivity contribution in [1.82, 2.24) is 14.9 Å². The summed E-state index contributed by atoms with van der Waals surface area (Å²) in [7, 11) is 1.47. The summed E-state index contributed by atoms with van der Waals surface area (Å²) in [4.78, 5) is 32.1. The van der Waals surface area contributed by atoms with Gasteiger partial charge in [0.15, 0.2) is 0 Å². The van der Waals surface area contributed by atoms with Gasteiger partial charge in [-0.1, -0.05) is 0 Å². The van der Waals surface area contributed by atoms with Crippen molar-refractivity contribution in [2.45, 2.75) is 19.4 Å². The van der Waals surface area contributed by atoms with E-state index < -0.39 is 6.04 Å².